The topological polar surface area (TPSA) is 66.0 Å². The maximum atomic E-state index is 7.84. The third kappa shape index (κ3) is 2.94. The lowest BCUT2D eigenvalue weighted by atomic mass is 9.86. The molecule has 1 fully saturated rings. The molecular weight excluding hydrogens is 248 g/mol. The van der Waals surface area contributed by atoms with Gasteiger partial charge in [-0.2, -0.15) is 0 Å². The predicted octanol–water partition coefficient (Wildman–Crippen LogP) is 3.00. The van der Waals surface area contributed by atoms with Crippen LogP contribution in [-0.4, -0.2) is 23.9 Å². The summed E-state index contributed by atoms with van der Waals surface area (Å²) in [5.41, 5.74) is 8.58. The lowest BCUT2D eigenvalue weighted by Crippen LogP contribution is -2.37. The standard InChI is InChI=1S/C16H26N4/c1-10-5-7-13(8-6-10)20(4)16-14(15(17)18)11(2)9-12(3)19-16/h9-10,13H,5-8H2,1-4H3,(H3,17,18). The Morgan fingerprint density at radius 1 is 1.30 bits per heavy atom. The highest BCUT2D eigenvalue weighted by atomic mass is 15.2. The molecule has 0 saturated heterocycles. The molecule has 0 spiro atoms. The molecular formula is C16H26N4. The zero-order valence-electron chi connectivity index (χ0n) is 13.0. The van der Waals surface area contributed by atoms with Gasteiger partial charge in [-0.3, -0.25) is 5.41 Å². The molecule has 0 bridgehead atoms. The predicted molar refractivity (Wildman–Crippen MR) is 84.6 cm³/mol. The van der Waals surface area contributed by atoms with Gasteiger partial charge in [0.1, 0.15) is 11.7 Å². The first-order chi connectivity index (χ1) is 9.40. The molecule has 0 radical (unpaired) electrons. The molecule has 0 unspecified atom stereocenters. The Labute approximate surface area is 121 Å². The normalized spacial score (nSPS) is 22.6. The fraction of sp³-hybridized carbons (Fsp3) is 0.625. The largest absolute Gasteiger partial charge is 0.384 e. The van der Waals surface area contributed by atoms with Crippen LogP contribution in [0.15, 0.2) is 6.07 Å². The van der Waals surface area contributed by atoms with Crippen molar-refractivity contribution in [2.24, 2.45) is 11.7 Å². The number of anilines is 1. The molecule has 3 N–H and O–H groups in total. The molecule has 0 amide bonds. The summed E-state index contributed by atoms with van der Waals surface area (Å²) in [5, 5.41) is 7.84. The molecule has 2 rings (SSSR count). The number of nitrogens with zero attached hydrogens (tertiary/aromatic N) is 2. The molecule has 0 aromatic carbocycles. The minimum atomic E-state index is 0.112. The zero-order valence-corrected chi connectivity index (χ0v) is 13.0. The Kier molecular flexibility index (Phi) is 4.31. The molecule has 1 aromatic rings. The van der Waals surface area contributed by atoms with Crippen LogP contribution in [0.4, 0.5) is 5.82 Å². The Morgan fingerprint density at radius 3 is 2.45 bits per heavy atom. The van der Waals surface area contributed by atoms with Gasteiger partial charge in [-0.15, -0.1) is 0 Å². The van der Waals surface area contributed by atoms with E-state index in [0.717, 1.165) is 28.6 Å². The van der Waals surface area contributed by atoms with Crippen LogP contribution in [0.25, 0.3) is 0 Å². The van der Waals surface area contributed by atoms with Gasteiger partial charge in [0.15, 0.2) is 0 Å². The van der Waals surface area contributed by atoms with E-state index in [1.54, 1.807) is 0 Å². The van der Waals surface area contributed by atoms with Crippen LogP contribution in [0.1, 0.15) is 49.4 Å². The molecule has 1 heterocycles. The van der Waals surface area contributed by atoms with Gasteiger partial charge in [-0.1, -0.05) is 6.92 Å². The van der Waals surface area contributed by atoms with E-state index in [4.69, 9.17) is 11.1 Å². The van der Waals surface area contributed by atoms with Crippen LogP contribution >= 0.6 is 0 Å². The number of aromatic nitrogens is 1. The number of hydrogen-bond donors (Lipinski definition) is 2. The average molecular weight is 274 g/mol. The average Bonchev–Trinajstić information content (AvgIpc) is 2.37. The molecule has 4 nitrogen and oxygen atoms in total. The van der Waals surface area contributed by atoms with Gasteiger partial charge in [0, 0.05) is 18.8 Å². The number of aryl methyl sites for hydroxylation is 2. The Balaban J connectivity index is 2.33. The van der Waals surface area contributed by atoms with Crippen molar-refractivity contribution in [3.05, 3.63) is 22.9 Å². The summed E-state index contributed by atoms with van der Waals surface area (Å²) in [7, 11) is 2.09. The minimum absolute atomic E-state index is 0.112. The highest BCUT2D eigenvalue weighted by Crippen LogP contribution is 2.31. The number of hydrogen-bond acceptors (Lipinski definition) is 3. The van der Waals surface area contributed by atoms with Crippen LogP contribution in [0.3, 0.4) is 0 Å². The Bertz CT molecular complexity index is 501. The smallest absolute Gasteiger partial charge is 0.140 e. The first-order valence-corrected chi connectivity index (χ1v) is 7.45. The van der Waals surface area contributed by atoms with Gasteiger partial charge in [-0.25, -0.2) is 4.98 Å². The second-order valence-electron chi connectivity index (χ2n) is 6.22. The van der Waals surface area contributed by atoms with Gasteiger partial charge in [0.2, 0.25) is 0 Å². The lowest BCUT2D eigenvalue weighted by Gasteiger charge is -2.35. The monoisotopic (exact) mass is 274 g/mol. The van der Waals surface area contributed by atoms with E-state index in [2.05, 4.69) is 23.9 Å². The molecule has 110 valence electrons. The maximum Gasteiger partial charge on any atom is 0.140 e. The van der Waals surface area contributed by atoms with Crippen LogP contribution in [-0.2, 0) is 0 Å². The van der Waals surface area contributed by atoms with Crippen LogP contribution in [0, 0.1) is 25.2 Å². The fourth-order valence-corrected chi connectivity index (χ4v) is 3.21. The van der Waals surface area contributed by atoms with Gasteiger partial charge < -0.3 is 10.6 Å². The summed E-state index contributed by atoms with van der Waals surface area (Å²) in [6.45, 7) is 6.33. The van der Waals surface area contributed by atoms with E-state index < -0.39 is 0 Å². The van der Waals surface area contributed by atoms with Gasteiger partial charge in [0.25, 0.3) is 0 Å². The number of pyridine rings is 1. The zero-order chi connectivity index (χ0) is 14.9. The first kappa shape index (κ1) is 14.8. The number of nitrogens with one attached hydrogen (secondary N) is 1. The van der Waals surface area contributed by atoms with Gasteiger partial charge in [0.05, 0.1) is 5.56 Å². The first-order valence-electron chi connectivity index (χ1n) is 7.45. The van der Waals surface area contributed by atoms with E-state index in [1.807, 2.05) is 19.9 Å². The second kappa shape index (κ2) is 5.81. The summed E-state index contributed by atoms with van der Waals surface area (Å²) in [6, 6.07) is 2.51. The minimum Gasteiger partial charge on any atom is -0.384 e. The van der Waals surface area contributed by atoms with Crippen molar-refractivity contribution >= 4 is 11.7 Å². The molecule has 0 aliphatic heterocycles. The summed E-state index contributed by atoms with van der Waals surface area (Å²) in [5.74, 6) is 1.81. The summed E-state index contributed by atoms with van der Waals surface area (Å²) < 4.78 is 0. The van der Waals surface area contributed by atoms with Crippen molar-refractivity contribution in [1.82, 2.24) is 4.98 Å². The highest BCUT2D eigenvalue weighted by molar-refractivity contribution is 6.01. The van der Waals surface area contributed by atoms with E-state index >= 15 is 0 Å². The summed E-state index contributed by atoms with van der Waals surface area (Å²) in [4.78, 5) is 6.89. The Morgan fingerprint density at radius 2 is 1.90 bits per heavy atom. The molecule has 20 heavy (non-hydrogen) atoms. The quantitative estimate of drug-likeness (QED) is 0.658. The number of nitrogens with two attached hydrogens (primary N) is 1. The van der Waals surface area contributed by atoms with Crippen molar-refractivity contribution in [1.29, 1.82) is 5.41 Å². The van der Waals surface area contributed by atoms with Crippen molar-refractivity contribution in [3.8, 4) is 0 Å². The fourth-order valence-electron chi connectivity index (χ4n) is 3.21. The molecule has 1 aromatic heterocycles. The third-order valence-electron chi connectivity index (χ3n) is 4.46. The van der Waals surface area contributed by atoms with Crippen LogP contribution < -0.4 is 10.6 Å². The van der Waals surface area contributed by atoms with Crippen molar-refractivity contribution < 1.29 is 0 Å². The lowest BCUT2D eigenvalue weighted by molar-refractivity contribution is 0.340. The van der Waals surface area contributed by atoms with E-state index in [1.165, 1.54) is 25.7 Å². The van der Waals surface area contributed by atoms with E-state index in [-0.39, 0.29) is 5.84 Å². The maximum absolute atomic E-state index is 7.84. The molecule has 1 aliphatic carbocycles. The molecule has 1 aliphatic rings. The van der Waals surface area contributed by atoms with E-state index in [9.17, 15) is 0 Å². The van der Waals surface area contributed by atoms with Gasteiger partial charge >= 0.3 is 0 Å². The number of nitrogen functional groups attached to an aromatic ring is 1. The highest BCUT2D eigenvalue weighted by Gasteiger charge is 2.25. The summed E-state index contributed by atoms with van der Waals surface area (Å²) in [6.07, 6.45) is 4.94. The summed E-state index contributed by atoms with van der Waals surface area (Å²) >= 11 is 0. The van der Waals surface area contributed by atoms with Crippen LogP contribution in [0.5, 0.6) is 0 Å². The third-order valence-corrected chi connectivity index (χ3v) is 4.46. The van der Waals surface area contributed by atoms with Crippen molar-refractivity contribution in [2.75, 3.05) is 11.9 Å². The molecule has 4 heteroatoms. The second-order valence-corrected chi connectivity index (χ2v) is 6.22. The number of amidine groups is 1. The van der Waals surface area contributed by atoms with Crippen LogP contribution in [0.2, 0.25) is 0 Å². The molecule has 1 saturated carbocycles. The SMILES string of the molecule is Cc1cc(C)c(C(=N)N)c(N(C)C2CCC(C)CC2)n1. The van der Waals surface area contributed by atoms with E-state index in [0.29, 0.717) is 6.04 Å². The van der Waals surface area contributed by atoms with Crippen molar-refractivity contribution in [2.45, 2.75) is 52.5 Å². The number of rotatable bonds is 3. The Hall–Kier alpha value is -1.58. The van der Waals surface area contributed by atoms with Crippen molar-refractivity contribution in [3.63, 3.8) is 0 Å². The van der Waals surface area contributed by atoms with Gasteiger partial charge in [-0.05, 0) is 57.1 Å². The molecule has 0 atom stereocenters.